The number of carbonyl (C=O) groups is 1. The van der Waals surface area contributed by atoms with Crippen LogP contribution in [0.1, 0.15) is 28.9 Å². The van der Waals surface area contributed by atoms with E-state index in [1.165, 1.54) is 35.1 Å². The average Bonchev–Trinajstić information content (AvgIpc) is 3.52. The molecule has 0 aliphatic carbocycles. The second-order valence-electron chi connectivity index (χ2n) is 8.06. The topological polar surface area (TPSA) is 132 Å². The van der Waals surface area contributed by atoms with Gasteiger partial charge in [-0.2, -0.15) is 19.0 Å². The molecule has 0 fully saturated rings. The van der Waals surface area contributed by atoms with E-state index < -0.39 is 12.5 Å². The standard InChI is InChI=1S/C25H21F2N7O3/c1-14(28)15-4-2-5-16(10-15)36-17-6-7-21(37-25(26)27)18(11-17)22-20(13-30-33-22)32-24(35)19-12-31-34-9-3-8-29-23(19)34/h2-14,25H,28H2,1H3,(H,30,33)(H,32,35). The van der Waals surface area contributed by atoms with Crippen LogP contribution in [0, 0.1) is 0 Å². The number of nitrogens with one attached hydrogen (secondary N) is 2. The molecule has 0 saturated heterocycles. The molecule has 0 saturated carbocycles. The van der Waals surface area contributed by atoms with Crippen LogP contribution in [-0.2, 0) is 0 Å². The van der Waals surface area contributed by atoms with Crippen molar-refractivity contribution in [2.24, 2.45) is 5.73 Å². The molecule has 5 aromatic rings. The van der Waals surface area contributed by atoms with E-state index in [1.54, 1.807) is 36.7 Å². The molecular formula is C25H21F2N7O3. The van der Waals surface area contributed by atoms with Gasteiger partial charge in [0, 0.05) is 24.0 Å². The van der Waals surface area contributed by atoms with Crippen LogP contribution in [0.3, 0.4) is 0 Å². The number of aromatic amines is 1. The highest BCUT2D eigenvalue weighted by atomic mass is 19.3. The van der Waals surface area contributed by atoms with Gasteiger partial charge < -0.3 is 20.5 Å². The predicted molar refractivity (Wildman–Crippen MR) is 131 cm³/mol. The van der Waals surface area contributed by atoms with Gasteiger partial charge in [0.2, 0.25) is 0 Å². The molecular weight excluding hydrogens is 484 g/mol. The Morgan fingerprint density at radius 1 is 1.14 bits per heavy atom. The molecule has 2 aromatic carbocycles. The van der Waals surface area contributed by atoms with Crippen molar-refractivity contribution in [1.29, 1.82) is 0 Å². The predicted octanol–water partition coefficient (Wildman–Crippen LogP) is 4.79. The second kappa shape index (κ2) is 10.0. The van der Waals surface area contributed by atoms with Crippen LogP contribution < -0.4 is 20.5 Å². The molecule has 1 amide bonds. The number of nitrogens with zero attached hydrogens (tertiary/aromatic N) is 4. The summed E-state index contributed by atoms with van der Waals surface area (Å²) in [6.45, 7) is -1.22. The highest BCUT2D eigenvalue weighted by molar-refractivity contribution is 6.09. The van der Waals surface area contributed by atoms with E-state index in [4.69, 9.17) is 15.2 Å². The Morgan fingerprint density at radius 3 is 2.78 bits per heavy atom. The molecule has 3 heterocycles. The monoisotopic (exact) mass is 505 g/mol. The van der Waals surface area contributed by atoms with E-state index in [2.05, 4.69) is 25.6 Å². The van der Waals surface area contributed by atoms with Crippen LogP contribution >= 0.6 is 0 Å². The summed E-state index contributed by atoms with van der Waals surface area (Å²) in [6.07, 6.45) is 5.94. The first-order valence-electron chi connectivity index (χ1n) is 11.1. The second-order valence-corrected chi connectivity index (χ2v) is 8.06. The number of halogens is 2. The summed E-state index contributed by atoms with van der Waals surface area (Å²) < 4.78 is 38.5. The van der Waals surface area contributed by atoms with E-state index in [1.807, 2.05) is 13.0 Å². The molecule has 1 unspecified atom stereocenters. The van der Waals surface area contributed by atoms with E-state index in [0.717, 1.165) is 5.56 Å². The fourth-order valence-corrected chi connectivity index (χ4v) is 3.73. The van der Waals surface area contributed by atoms with E-state index >= 15 is 0 Å². The van der Waals surface area contributed by atoms with Gasteiger partial charge in [-0.05, 0) is 48.9 Å². The van der Waals surface area contributed by atoms with Crippen molar-refractivity contribution >= 4 is 17.2 Å². The summed E-state index contributed by atoms with van der Waals surface area (Å²) in [4.78, 5) is 17.2. The van der Waals surface area contributed by atoms with Crippen molar-refractivity contribution in [2.45, 2.75) is 19.6 Å². The minimum atomic E-state index is -3.07. The van der Waals surface area contributed by atoms with Crippen LogP contribution in [0.15, 0.2) is 73.3 Å². The Morgan fingerprint density at radius 2 is 1.97 bits per heavy atom. The number of ether oxygens (including phenoxy) is 2. The molecule has 0 aliphatic rings. The minimum absolute atomic E-state index is 0.135. The van der Waals surface area contributed by atoms with Crippen molar-refractivity contribution < 1.29 is 23.0 Å². The zero-order valence-electron chi connectivity index (χ0n) is 19.4. The maximum absolute atomic E-state index is 13.2. The Labute approximate surface area is 209 Å². The lowest BCUT2D eigenvalue weighted by atomic mass is 10.1. The maximum Gasteiger partial charge on any atom is 0.387 e. The van der Waals surface area contributed by atoms with Gasteiger partial charge in [-0.1, -0.05) is 12.1 Å². The SMILES string of the molecule is CC(N)c1cccc(Oc2ccc(OC(F)F)c(-c3[nH]ncc3NC(=O)c3cnn4cccnc34)c2)c1. The molecule has 3 aromatic heterocycles. The van der Waals surface area contributed by atoms with Crippen LogP contribution in [0.4, 0.5) is 14.5 Å². The molecule has 0 radical (unpaired) electrons. The summed E-state index contributed by atoms with van der Waals surface area (Å²) in [7, 11) is 0. The minimum Gasteiger partial charge on any atom is -0.457 e. The number of rotatable bonds is 8. The number of alkyl halides is 2. The third-order valence-electron chi connectivity index (χ3n) is 5.47. The van der Waals surface area contributed by atoms with Gasteiger partial charge in [0.15, 0.2) is 5.65 Å². The van der Waals surface area contributed by atoms with Gasteiger partial charge in [0.25, 0.3) is 5.91 Å². The zero-order chi connectivity index (χ0) is 25.9. The van der Waals surface area contributed by atoms with E-state index in [0.29, 0.717) is 17.1 Å². The molecule has 4 N–H and O–H groups in total. The molecule has 10 nitrogen and oxygen atoms in total. The summed E-state index contributed by atoms with van der Waals surface area (Å²) in [5.74, 6) is 0.219. The number of anilines is 1. The first kappa shape index (κ1) is 23.9. The molecule has 5 rings (SSSR count). The van der Waals surface area contributed by atoms with Gasteiger partial charge in [-0.15, -0.1) is 0 Å². The lowest BCUT2D eigenvalue weighted by Crippen LogP contribution is -2.12. The summed E-state index contributed by atoms with van der Waals surface area (Å²) in [5.41, 5.74) is 8.08. The van der Waals surface area contributed by atoms with Gasteiger partial charge >= 0.3 is 6.61 Å². The van der Waals surface area contributed by atoms with Gasteiger partial charge in [0.1, 0.15) is 22.8 Å². The molecule has 1 atom stereocenters. The molecule has 0 spiro atoms. The summed E-state index contributed by atoms with van der Waals surface area (Å²) >= 11 is 0. The first-order valence-corrected chi connectivity index (χ1v) is 11.1. The Bertz CT molecular complexity index is 1560. The summed E-state index contributed by atoms with van der Waals surface area (Å²) in [6, 6.07) is 13.1. The normalized spacial score (nSPS) is 12.0. The van der Waals surface area contributed by atoms with Gasteiger partial charge in [-0.25, -0.2) is 9.50 Å². The molecule has 188 valence electrons. The number of aromatic nitrogens is 5. The number of benzene rings is 2. The van der Waals surface area contributed by atoms with Crippen LogP contribution in [0.25, 0.3) is 16.9 Å². The molecule has 12 heteroatoms. The molecule has 0 aliphatic heterocycles. The van der Waals surface area contributed by atoms with Crippen LogP contribution in [-0.4, -0.2) is 37.3 Å². The third kappa shape index (κ3) is 5.09. The third-order valence-corrected chi connectivity index (χ3v) is 5.47. The number of hydrogen-bond acceptors (Lipinski definition) is 7. The van der Waals surface area contributed by atoms with Gasteiger partial charge in [0.05, 0.1) is 23.8 Å². The lowest BCUT2D eigenvalue weighted by molar-refractivity contribution is -0.0494. The Kier molecular flexibility index (Phi) is 6.47. The fraction of sp³-hybridized carbons (Fsp3) is 0.120. The lowest BCUT2D eigenvalue weighted by Gasteiger charge is -2.14. The van der Waals surface area contributed by atoms with Crippen molar-refractivity contribution in [2.75, 3.05) is 5.32 Å². The Balaban J connectivity index is 1.48. The van der Waals surface area contributed by atoms with Crippen molar-refractivity contribution in [3.8, 4) is 28.5 Å². The van der Waals surface area contributed by atoms with Crippen LogP contribution in [0.5, 0.6) is 17.2 Å². The van der Waals surface area contributed by atoms with Crippen molar-refractivity contribution in [3.63, 3.8) is 0 Å². The number of H-pyrrole nitrogens is 1. The highest BCUT2D eigenvalue weighted by Gasteiger charge is 2.21. The molecule has 37 heavy (non-hydrogen) atoms. The number of nitrogens with two attached hydrogens (primary N) is 1. The number of carbonyl (C=O) groups excluding carboxylic acids is 1. The number of fused-ring (bicyclic) bond motifs is 1. The van der Waals surface area contributed by atoms with Crippen LogP contribution in [0.2, 0.25) is 0 Å². The van der Waals surface area contributed by atoms with Gasteiger partial charge in [-0.3, -0.25) is 9.89 Å². The largest absolute Gasteiger partial charge is 0.457 e. The van der Waals surface area contributed by atoms with E-state index in [-0.39, 0.29) is 34.3 Å². The van der Waals surface area contributed by atoms with Crippen molar-refractivity contribution in [1.82, 2.24) is 24.8 Å². The fourth-order valence-electron chi connectivity index (χ4n) is 3.73. The number of hydrogen-bond donors (Lipinski definition) is 3. The maximum atomic E-state index is 13.2. The first-order chi connectivity index (χ1) is 17.9. The van der Waals surface area contributed by atoms with Crippen molar-refractivity contribution in [3.05, 3.63) is 84.4 Å². The zero-order valence-corrected chi connectivity index (χ0v) is 19.4. The average molecular weight is 505 g/mol. The summed E-state index contributed by atoms with van der Waals surface area (Å²) in [5, 5.41) is 13.6. The quantitative estimate of drug-likeness (QED) is 0.276. The number of amides is 1. The van der Waals surface area contributed by atoms with E-state index in [9.17, 15) is 13.6 Å². The molecule has 0 bridgehead atoms. The highest BCUT2D eigenvalue weighted by Crippen LogP contribution is 2.38. The Hall–Kier alpha value is -4.84. The smallest absolute Gasteiger partial charge is 0.387 e.